The van der Waals surface area contributed by atoms with Crippen molar-refractivity contribution in [3.05, 3.63) is 59.7 Å². The summed E-state index contributed by atoms with van der Waals surface area (Å²) in [5.41, 5.74) is 2.60. The molecule has 22 heavy (non-hydrogen) atoms. The topological polar surface area (TPSA) is 38.8 Å². The molecule has 1 aliphatic rings. The Kier molecular flexibility index (Phi) is 4.28. The third-order valence-corrected chi connectivity index (χ3v) is 3.65. The second kappa shape index (κ2) is 6.52. The minimum Gasteiger partial charge on any atom is -0.490 e. The summed E-state index contributed by atoms with van der Waals surface area (Å²) in [6.45, 7) is 4.28. The second-order valence-corrected chi connectivity index (χ2v) is 5.13. The van der Waals surface area contributed by atoms with Crippen molar-refractivity contribution in [1.82, 2.24) is 0 Å². The van der Waals surface area contributed by atoms with Crippen LogP contribution in [0, 0.1) is 0 Å². The van der Waals surface area contributed by atoms with E-state index >= 15 is 0 Å². The molecule has 0 amide bonds. The van der Waals surface area contributed by atoms with Gasteiger partial charge in [0.25, 0.3) is 0 Å². The number of anilines is 1. The van der Waals surface area contributed by atoms with E-state index in [2.05, 4.69) is 17.0 Å². The Morgan fingerprint density at radius 3 is 2.77 bits per heavy atom. The zero-order chi connectivity index (χ0) is 15.4. The zero-order valence-electron chi connectivity index (χ0n) is 12.6. The monoisotopic (exact) mass is 297 g/mol. The van der Waals surface area contributed by atoms with E-state index in [4.69, 9.17) is 9.47 Å². The number of hydrogen-bond acceptors (Lipinski definition) is 4. The molecule has 4 nitrogen and oxygen atoms in total. The lowest BCUT2D eigenvalue weighted by molar-refractivity contribution is 0.0526. The van der Waals surface area contributed by atoms with E-state index in [9.17, 15) is 4.79 Å². The maximum atomic E-state index is 12.2. The summed E-state index contributed by atoms with van der Waals surface area (Å²) in [7, 11) is 0. The van der Waals surface area contributed by atoms with Crippen molar-refractivity contribution in [2.75, 3.05) is 24.7 Å². The molecule has 0 N–H and O–H groups in total. The standard InChI is InChI=1S/C18H19NO3/c1-2-21-18(20)15-9-6-10-16-17(15)19(11-12-22-16)13-14-7-4-3-5-8-14/h3-10H,2,11-13H2,1H3. The van der Waals surface area contributed by atoms with Crippen LogP contribution in [0.15, 0.2) is 48.5 Å². The number of hydrogen-bond donors (Lipinski definition) is 0. The molecule has 0 bridgehead atoms. The minimum atomic E-state index is -0.303. The highest BCUT2D eigenvalue weighted by molar-refractivity contribution is 5.97. The highest BCUT2D eigenvalue weighted by Gasteiger charge is 2.25. The summed E-state index contributed by atoms with van der Waals surface area (Å²) < 4.78 is 10.9. The van der Waals surface area contributed by atoms with Gasteiger partial charge < -0.3 is 14.4 Å². The first-order chi connectivity index (χ1) is 10.8. The van der Waals surface area contributed by atoms with Crippen molar-refractivity contribution in [3.63, 3.8) is 0 Å². The summed E-state index contributed by atoms with van der Waals surface area (Å²) >= 11 is 0. The third kappa shape index (κ3) is 2.91. The SMILES string of the molecule is CCOC(=O)c1cccc2c1N(Cc1ccccc1)CCO2. The highest BCUT2D eigenvalue weighted by atomic mass is 16.5. The lowest BCUT2D eigenvalue weighted by Crippen LogP contribution is -2.33. The van der Waals surface area contributed by atoms with Crippen molar-refractivity contribution in [1.29, 1.82) is 0 Å². The van der Waals surface area contributed by atoms with Gasteiger partial charge in [-0.3, -0.25) is 0 Å². The maximum Gasteiger partial charge on any atom is 0.340 e. The lowest BCUT2D eigenvalue weighted by Gasteiger charge is -2.32. The van der Waals surface area contributed by atoms with Gasteiger partial charge >= 0.3 is 5.97 Å². The molecule has 0 aromatic heterocycles. The number of para-hydroxylation sites is 1. The van der Waals surface area contributed by atoms with E-state index in [1.165, 1.54) is 5.56 Å². The van der Waals surface area contributed by atoms with Crippen LogP contribution < -0.4 is 9.64 Å². The molecule has 0 radical (unpaired) electrons. The van der Waals surface area contributed by atoms with Crippen LogP contribution >= 0.6 is 0 Å². The van der Waals surface area contributed by atoms with E-state index in [1.807, 2.05) is 37.3 Å². The van der Waals surface area contributed by atoms with Crippen LogP contribution in [0.1, 0.15) is 22.8 Å². The number of carbonyl (C=O) groups excluding carboxylic acids is 1. The molecule has 0 saturated heterocycles. The van der Waals surface area contributed by atoms with Gasteiger partial charge in [0.2, 0.25) is 0 Å². The fraction of sp³-hybridized carbons (Fsp3) is 0.278. The summed E-state index contributed by atoms with van der Waals surface area (Å²) in [6.07, 6.45) is 0. The van der Waals surface area contributed by atoms with Crippen molar-refractivity contribution < 1.29 is 14.3 Å². The Hall–Kier alpha value is -2.49. The first-order valence-corrected chi connectivity index (χ1v) is 7.51. The zero-order valence-corrected chi connectivity index (χ0v) is 12.6. The predicted molar refractivity (Wildman–Crippen MR) is 85.4 cm³/mol. The summed E-state index contributed by atoms with van der Waals surface area (Å²) in [6, 6.07) is 15.7. The van der Waals surface area contributed by atoms with Gasteiger partial charge in [0.1, 0.15) is 12.4 Å². The quantitative estimate of drug-likeness (QED) is 0.812. The van der Waals surface area contributed by atoms with Crippen molar-refractivity contribution in [3.8, 4) is 5.75 Å². The minimum absolute atomic E-state index is 0.303. The second-order valence-electron chi connectivity index (χ2n) is 5.13. The Balaban J connectivity index is 1.95. The van der Waals surface area contributed by atoms with Gasteiger partial charge in [-0.05, 0) is 24.6 Å². The summed E-state index contributed by atoms with van der Waals surface area (Å²) in [4.78, 5) is 14.4. The van der Waals surface area contributed by atoms with Gasteiger partial charge in [-0.25, -0.2) is 4.79 Å². The van der Waals surface area contributed by atoms with Crippen molar-refractivity contribution >= 4 is 11.7 Å². The number of nitrogens with zero attached hydrogens (tertiary/aromatic N) is 1. The van der Waals surface area contributed by atoms with E-state index in [1.54, 1.807) is 6.07 Å². The highest BCUT2D eigenvalue weighted by Crippen LogP contribution is 2.36. The van der Waals surface area contributed by atoms with Gasteiger partial charge in [-0.2, -0.15) is 0 Å². The summed E-state index contributed by atoms with van der Waals surface area (Å²) in [5.74, 6) is 0.440. The van der Waals surface area contributed by atoms with Crippen LogP contribution in [0.5, 0.6) is 5.75 Å². The van der Waals surface area contributed by atoms with Gasteiger partial charge in [-0.1, -0.05) is 36.4 Å². The third-order valence-electron chi connectivity index (χ3n) is 3.65. The van der Waals surface area contributed by atoms with Gasteiger partial charge in [0, 0.05) is 6.54 Å². The van der Waals surface area contributed by atoms with Crippen LogP contribution in [0.3, 0.4) is 0 Å². The number of esters is 1. The van der Waals surface area contributed by atoms with E-state index in [-0.39, 0.29) is 5.97 Å². The first kappa shape index (κ1) is 14.4. The fourth-order valence-corrected chi connectivity index (χ4v) is 2.68. The van der Waals surface area contributed by atoms with Crippen LogP contribution in [0.4, 0.5) is 5.69 Å². The molecule has 0 atom stereocenters. The molecule has 1 aliphatic heterocycles. The molecule has 0 saturated carbocycles. The molecule has 2 aromatic carbocycles. The molecule has 0 spiro atoms. The van der Waals surface area contributed by atoms with Crippen LogP contribution in [-0.2, 0) is 11.3 Å². The Bertz CT molecular complexity index is 655. The van der Waals surface area contributed by atoms with Crippen LogP contribution in [0.2, 0.25) is 0 Å². The first-order valence-electron chi connectivity index (χ1n) is 7.51. The smallest absolute Gasteiger partial charge is 0.340 e. The predicted octanol–water partition coefficient (Wildman–Crippen LogP) is 3.26. The average Bonchev–Trinajstić information content (AvgIpc) is 2.56. The van der Waals surface area contributed by atoms with Crippen LogP contribution in [0.25, 0.3) is 0 Å². The number of fused-ring (bicyclic) bond motifs is 1. The number of rotatable bonds is 4. The molecule has 0 unspecified atom stereocenters. The molecule has 3 rings (SSSR count). The number of carbonyl (C=O) groups is 1. The van der Waals surface area contributed by atoms with E-state index < -0.39 is 0 Å². The molecule has 114 valence electrons. The maximum absolute atomic E-state index is 12.2. The molecular formula is C18H19NO3. The number of benzene rings is 2. The van der Waals surface area contributed by atoms with Crippen molar-refractivity contribution in [2.45, 2.75) is 13.5 Å². The van der Waals surface area contributed by atoms with E-state index in [0.717, 1.165) is 24.5 Å². The Morgan fingerprint density at radius 1 is 1.18 bits per heavy atom. The summed E-state index contributed by atoms with van der Waals surface area (Å²) in [5, 5.41) is 0. The molecule has 4 heteroatoms. The van der Waals surface area contributed by atoms with Gasteiger partial charge in [-0.15, -0.1) is 0 Å². The average molecular weight is 297 g/mol. The van der Waals surface area contributed by atoms with E-state index in [0.29, 0.717) is 18.8 Å². The fourth-order valence-electron chi connectivity index (χ4n) is 2.68. The molecular weight excluding hydrogens is 278 g/mol. The molecule has 2 aromatic rings. The molecule has 0 fully saturated rings. The Labute approximate surface area is 130 Å². The van der Waals surface area contributed by atoms with Gasteiger partial charge in [0.15, 0.2) is 0 Å². The van der Waals surface area contributed by atoms with Crippen LogP contribution in [-0.4, -0.2) is 25.7 Å². The van der Waals surface area contributed by atoms with Crippen molar-refractivity contribution in [2.24, 2.45) is 0 Å². The number of ether oxygens (including phenoxy) is 2. The molecule has 1 heterocycles. The lowest BCUT2D eigenvalue weighted by atomic mass is 10.1. The largest absolute Gasteiger partial charge is 0.490 e. The molecule has 0 aliphatic carbocycles. The Morgan fingerprint density at radius 2 is 2.00 bits per heavy atom. The van der Waals surface area contributed by atoms with Gasteiger partial charge in [0.05, 0.1) is 24.4 Å². The normalized spacial score (nSPS) is 13.2.